The van der Waals surface area contributed by atoms with Crippen molar-refractivity contribution in [2.24, 2.45) is 5.41 Å². The van der Waals surface area contributed by atoms with E-state index in [4.69, 9.17) is 4.74 Å². The van der Waals surface area contributed by atoms with Gasteiger partial charge in [0, 0.05) is 0 Å². The van der Waals surface area contributed by atoms with Gasteiger partial charge in [0.25, 0.3) is 0 Å². The predicted octanol–water partition coefficient (Wildman–Crippen LogP) is 5.79. The molecule has 1 rings (SSSR count). The molecule has 0 fully saturated rings. The number of rotatable bonds is 6. The first kappa shape index (κ1) is 16.1. The minimum absolute atomic E-state index is 0.290. The number of unbranched alkanes of at least 4 members (excludes halogenated alkanes) is 2. The molecule has 0 aromatic heterocycles. The molecule has 0 aliphatic heterocycles. The highest BCUT2D eigenvalue weighted by Gasteiger charge is 2.26. The molecule has 0 aromatic carbocycles. The van der Waals surface area contributed by atoms with Crippen LogP contribution in [-0.2, 0) is 4.74 Å². The van der Waals surface area contributed by atoms with E-state index in [2.05, 4.69) is 52.8 Å². The monoisotopic (exact) mass is 262 g/mol. The van der Waals surface area contributed by atoms with Crippen LogP contribution in [-0.4, -0.2) is 6.61 Å². The Morgan fingerprint density at radius 3 is 2.74 bits per heavy atom. The standard InChI is InChI=1S/C18H30O/c1-6-7-8-14-19-16(3)11-12-17-15(2)10-9-13-18(17,4)5/h10-12H,6-9,13-14H2,1-5H3. The van der Waals surface area contributed by atoms with Crippen LogP contribution in [0.15, 0.2) is 35.1 Å². The van der Waals surface area contributed by atoms with Crippen LogP contribution in [0.3, 0.4) is 0 Å². The van der Waals surface area contributed by atoms with Gasteiger partial charge in [-0.15, -0.1) is 0 Å². The summed E-state index contributed by atoms with van der Waals surface area (Å²) in [4.78, 5) is 0. The van der Waals surface area contributed by atoms with Crippen molar-refractivity contribution in [3.63, 3.8) is 0 Å². The van der Waals surface area contributed by atoms with Gasteiger partial charge in [-0.2, -0.15) is 0 Å². The van der Waals surface area contributed by atoms with Gasteiger partial charge in [0.05, 0.1) is 12.4 Å². The minimum Gasteiger partial charge on any atom is -0.498 e. The van der Waals surface area contributed by atoms with Crippen molar-refractivity contribution in [1.29, 1.82) is 0 Å². The number of hydrogen-bond acceptors (Lipinski definition) is 1. The van der Waals surface area contributed by atoms with E-state index in [0.717, 1.165) is 18.8 Å². The van der Waals surface area contributed by atoms with Crippen molar-refractivity contribution in [2.75, 3.05) is 6.61 Å². The molecule has 1 aliphatic carbocycles. The molecule has 0 atom stereocenters. The van der Waals surface area contributed by atoms with Crippen LogP contribution >= 0.6 is 0 Å². The van der Waals surface area contributed by atoms with Gasteiger partial charge in [0.2, 0.25) is 0 Å². The second-order valence-corrected chi connectivity index (χ2v) is 6.22. The van der Waals surface area contributed by atoms with Crippen molar-refractivity contribution >= 4 is 0 Å². The molecule has 0 unspecified atom stereocenters. The fourth-order valence-corrected chi connectivity index (χ4v) is 2.62. The zero-order valence-electron chi connectivity index (χ0n) is 13.4. The van der Waals surface area contributed by atoms with Crippen LogP contribution in [0.2, 0.25) is 0 Å². The molecule has 0 saturated heterocycles. The van der Waals surface area contributed by atoms with E-state index in [-0.39, 0.29) is 5.41 Å². The van der Waals surface area contributed by atoms with Crippen LogP contribution < -0.4 is 0 Å². The molecule has 19 heavy (non-hydrogen) atoms. The van der Waals surface area contributed by atoms with Gasteiger partial charge in [0.15, 0.2) is 0 Å². The van der Waals surface area contributed by atoms with Crippen molar-refractivity contribution < 1.29 is 4.74 Å². The Bertz CT molecular complexity index is 369. The third kappa shape index (κ3) is 5.26. The van der Waals surface area contributed by atoms with E-state index in [0.29, 0.717) is 0 Å². The summed E-state index contributed by atoms with van der Waals surface area (Å²) in [6.07, 6.45) is 12.8. The van der Waals surface area contributed by atoms with Crippen molar-refractivity contribution in [3.05, 3.63) is 35.1 Å². The van der Waals surface area contributed by atoms with E-state index < -0.39 is 0 Å². The van der Waals surface area contributed by atoms with Crippen LogP contribution in [0.5, 0.6) is 0 Å². The zero-order valence-corrected chi connectivity index (χ0v) is 13.4. The van der Waals surface area contributed by atoms with Crippen LogP contribution in [0.1, 0.15) is 66.7 Å². The third-order valence-corrected chi connectivity index (χ3v) is 3.94. The summed E-state index contributed by atoms with van der Waals surface area (Å²) < 4.78 is 5.74. The Morgan fingerprint density at radius 1 is 1.37 bits per heavy atom. The molecule has 1 heteroatoms. The van der Waals surface area contributed by atoms with Gasteiger partial charge in [-0.1, -0.05) is 51.3 Å². The Morgan fingerprint density at radius 2 is 2.11 bits per heavy atom. The highest BCUT2D eigenvalue weighted by molar-refractivity contribution is 5.39. The second kappa shape index (κ2) is 7.57. The summed E-state index contributed by atoms with van der Waals surface area (Å²) in [5.74, 6) is 1.03. The normalized spacial score (nSPS) is 21.4. The Labute approximate surface area is 119 Å². The maximum Gasteiger partial charge on any atom is 0.0928 e. The fraction of sp³-hybridized carbons (Fsp3) is 0.667. The molecular formula is C18H30O. The molecule has 1 nitrogen and oxygen atoms in total. The van der Waals surface area contributed by atoms with E-state index >= 15 is 0 Å². The lowest BCUT2D eigenvalue weighted by molar-refractivity contribution is 0.207. The average Bonchev–Trinajstić information content (AvgIpc) is 2.33. The molecule has 1 aliphatic rings. The van der Waals surface area contributed by atoms with Crippen LogP contribution in [0, 0.1) is 5.41 Å². The van der Waals surface area contributed by atoms with Gasteiger partial charge in [-0.3, -0.25) is 0 Å². The maximum atomic E-state index is 5.74. The first-order chi connectivity index (χ1) is 8.97. The van der Waals surface area contributed by atoms with Crippen molar-refractivity contribution in [2.45, 2.75) is 66.7 Å². The third-order valence-electron chi connectivity index (χ3n) is 3.94. The Balaban J connectivity index is 2.62. The number of allylic oxidation sites excluding steroid dienone is 6. The van der Waals surface area contributed by atoms with E-state index in [9.17, 15) is 0 Å². The van der Waals surface area contributed by atoms with Crippen molar-refractivity contribution in [1.82, 2.24) is 0 Å². The predicted molar refractivity (Wildman–Crippen MR) is 84.1 cm³/mol. The summed E-state index contributed by atoms with van der Waals surface area (Å²) in [7, 11) is 0. The lowest BCUT2D eigenvalue weighted by atomic mass is 9.73. The summed E-state index contributed by atoms with van der Waals surface area (Å²) in [5.41, 5.74) is 3.17. The molecule has 0 amide bonds. The molecule has 0 bridgehead atoms. The fourth-order valence-electron chi connectivity index (χ4n) is 2.62. The van der Waals surface area contributed by atoms with Crippen LogP contribution in [0.4, 0.5) is 0 Å². The quantitative estimate of drug-likeness (QED) is 0.435. The summed E-state index contributed by atoms with van der Waals surface area (Å²) >= 11 is 0. The van der Waals surface area contributed by atoms with E-state index in [1.165, 1.54) is 36.8 Å². The highest BCUT2D eigenvalue weighted by Crippen LogP contribution is 2.40. The first-order valence-electron chi connectivity index (χ1n) is 7.66. The lowest BCUT2D eigenvalue weighted by Gasteiger charge is -2.32. The molecule has 108 valence electrons. The van der Waals surface area contributed by atoms with Gasteiger partial charge >= 0.3 is 0 Å². The minimum atomic E-state index is 0.290. The van der Waals surface area contributed by atoms with Gasteiger partial charge in [-0.25, -0.2) is 0 Å². The summed E-state index contributed by atoms with van der Waals surface area (Å²) in [6, 6.07) is 0. The highest BCUT2D eigenvalue weighted by atomic mass is 16.5. The molecule has 0 aromatic rings. The SMILES string of the molecule is CCCCCOC(C)=CC=C1C(C)=CCCC1(C)C. The topological polar surface area (TPSA) is 9.23 Å². The maximum absolute atomic E-state index is 5.74. The largest absolute Gasteiger partial charge is 0.498 e. The molecule has 0 radical (unpaired) electrons. The average molecular weight is 262 g/mol. The zero-order chi connectivity index (χ0) is 14.3. The smallest absolute Gasteiger partial charge is 0.0928 e. The van der Waals surface area contributed by atoms with E-state index in [1.54, 1.807) is 0 Å². The van der Waals surface area contributed by atoms with Crippen molar-refractivity contribution in [3.8, 4) is 0 Å². The number of ether oxygens (including phenoxy) is 1. The Hall–Kier alpha value is -0.980. The van der Waals surface area contributed by atoms with Gasteiger partial charge in [0.1, 0.15) is 0 Å². The molecule has 0 spiro atoms. The summed E-state index contributed by atoms with van der Waals surface area (Å²) in [6.45, 7) is 12.0. The lowest BCUT2D eigenvalue weighted by Crippen LogP contribution is -2.18. The first-order valence-corrected chi connectivity index (χ1v) is 7.66. The molecule has 0 saturated carbocycles. The molecular weight excluding hydrogens is 232 g/mol. The van der Waals surface area contributed by atoms with Gasteiger partial charge < -0.3 is 4.74 Å². The number of hydrogen-bond donors (Lipinski definition) is 0. The Kier molecular flexibility index (Phi) is 6.41. The summed E-state index contributed by atoms with van der Waals surface area (Å²) in [5, 5.41) is 0. The van der Waals surface area contributed by atoms with Gasteiger partial charge in [-0.05, 0) is 50.2 Å². The molecule has 0 heterocycles. The van der Waals surface area contributed by atoms with Crippen LogP contribution in [0.25, 0.3) is 0 Å². The van der Waals surface area contributed by atoms with E-state index in [1.807, 2.05) is 0 Å². The second-order valence-electron chi connectivity index (χ2n) is 6.22. The molecule has 0 N–H and O–H groups in total.